The van der Waals surface area contributed by atoms with E-state index in [0.717, 1.165) is 44.5 Å². The molecule has 2 heterocycles. The third-order valence-corrected chi connectivity index (χ3v) is 8.58. The Morgan fingerprint density at radius 3 is 1.81 bits per heavy atom. The summed E-state index contributed by atoms with van der Waals surface area (Å²) < 4.78 is 2.32. The van der Waals surface area contributed by atoms with Crippen LogP contribution in [0.25, 0.3) is 82.6 Å². The lowest BCUT2D eigenvalue weighted by Crippen LogP contribution is -2.03. The summed E-state index contributed by atoms with van der Waals surface area (Å²) in [7, 11) is 0. The van der Waals surface area contributed by atoms with E-state index >= 15 is 0 Å². The third-order valence-electron chi connectivity index (χ3n) is 8.58. The van der Waals surface area contributed by atoms with Gasteiger partial charge in [-0.25, -0.2) is 9.97 Å². The summed E-state index contributed by atoms with van der Waals surface area (Å²) in [6.07, 6.45) is 0. The molecule has 0 saturated carbocycles. The van der Waals surface area contributed by atoms with E-state index in [9.17, 15) is 0 Å². The Hall–Kier alpha value is -5.80. The largest absolute Gasteiger partial charge is 0.293 e. The van der Waals surface area contributed by atoms with Crippen molar-refractivity contribution in [3.8, 4) is 28.3 Å². The van der Waals surface area contributed by atoms with Gasteiger partial charge < -0.3 is 0 Å². The zero-order valence-electron chi connectivity index (χ0n) is 23.3. The second kappa shape index (κ2) is 9.37. The fraction of sp³-hybridized carbons (Fsp3) is 0. The van der Waals surface area contributed by atoms with Crippen molar-refractivity contribution in [2.45, 2.75) is 0 Å². The van der Waals surface area contributed by atoms with Crippen LogP contribution in [0.2, 0.25) is 0 Å². The number of nitrogens with zero attached hydrogens (tertiary/aromatic N) is 3. The Balaban J connectivity index is 1.37. The summed E-state index contributed by atoms with van der Waals surface area (Å²) >= 11 is 0. The summed E-state index contributed by atoms with van der Waals surface area (Å²) in [4.78, 5) is 10.6. The highest BCUT2D eigenvalue weighted by atomic mass is 15.1. The Kier molecular flexibility index (Phi) is 5.20. The minimum atomic E-state index is 0.719. The van der Waals surface area contributed by atoms with Gasteiger partial charge in [0.15, 0.2) is 5.82 Å². The van der Waals surface area contributed by atoms with E-state index in [1.54, 1.807) is 0 Å². The van der Waals surface area contributed by atoms with Gasteiger partial charge in [-0.15, -0.1) is 0 Å². The highest BCUT2D eigenvalue weighted by Gasteiger charge is 2.19. The maximum atomic E-state index is 5.40. The van der Waals surface area contributed by atoms with Crippen LogP contribution in [0, 0.1) is 0 Å². The zero-order chi connectivity index (χ0) is 28.3. The summed E-state index contributed by atoms with van der Waals surface area (Å²) in [5.41, 5.74) is 6.61. The molecule has 0 amide bonds. The Morgan fingerprint density at radius 2 is 1.00 bits per heavy atom. The summed E-state index contributed by atoms with van der Waals surface area (Å²) in [6.45, 7) is 0. The van der Waals surface area contributed by atoms with Gasteiger partial charge in [0, 0.05) is 21.7 Å². The van der Waals surface area contributed by atoms with Crippen molar-refractivity contribution in [1.82, 2.24) is 14.5 Å². The number of para-hydroxylation sites is 2. The monoisotopic (exact) mass is 547 g/mol. The van der Waals surface area contributed by atoms with E-state index in [0.29, 0.717) is 0 Å². The van der Waals surface area contributed by atoms with E-state index in [1.807, 2.05) is 0 Å². The van der Waals surface area contributed by atoms with Crippen LogP contribution in [0.4, 0.5) is 0 Å². The van der Waals surface area contributed by atoms with Gasteiger partial charge in [0.1, 0.15) is 5.82 Å². The topological polar surface area (TPSA) is 30.7 Å². The van der Waals surface area contributed by atoms with Crippen LogP contribution in [0.3, 0.4) is 0 Å². The standard InChI is InChI=1S/C40H25N3/c1-2-12-26(13-3-1)29-22-23-33(31-17-7-6-16-30(29)31)39-41-36-20-10-8-19-34(36)40(42-39)43-37-21-11-9-18-32(37)35-24-27-14-4-5-15-28(27)25-38(35)43/h1-25H. The van der Waals surface area contributed by atoms with Gasteiger partial charge >= 0.3 is 0 Å². The van der Waals surface area contributed by atoms with E-state index in [-0.39, 0.29) is 0 Å². The van der Waals surface area contributed by atoms with Gasteiger partial charge in [-0.1, -0.05) is 115 Å². The van der Waals surface area contributed by atoms with Gasteiger partial charge in [-0.05, 0) is 69.1 Å². The molecule has 0 unspecified atom stereocenters. The van der Waals surface area contributed by atoms with Gasteiger partial charge in [-0.2, -0.15) is 0 Å². The third kappa shape index (κ3) is 3.68. The van der Waals surface area contributed by atoms with Crippen LogP contribution in [-0.4, -0.2) is 14.5 Å². The number of rotatable bonds is 3. The average molecular weight is 548 g/mol. The number of hydrogen-bond acceptors (Lipinski definition) is 2. The maximum absolute atomic E-state index is 5.40. The van der Waals surface area contributed by atoms with Crippen molar-refractivity contribution in [2.24, 2.45) is 0 Å². The average Bonchev–Trinajstić information content (AvgIpc) is 3.39. The lowest BCUT2D eigenvalue weighted by Gasteiger charge is -2.15. The molecule has 0 radical (unpaired) electrons. The minimum absolute atomic E-state index is 0.719. The van der Waals surface area contributed by atoms with E-state index in [4.69, 9.17) is 9.97 Å². The number of benzene rings is 7. The highest BCUT2D eigenvalue weighted by molar-refractivity contribution is 6.14. The molecule has 3 nitrogen and oxygen atoms in total. The van der Waals surface area contributed by atoms with Gasteiger partial charge in [-0.3, -0.25) is 4.57 Å². The quantitative estimate of drug-likeness (QED) is 0.220. The zero-order valence-corrected chi connectivity index (χ0v) is 23.3. The minimum Gasteiger partial charge on any atom is -0.293 e. The van der Waals surface area contributed by atoms with Crippen LogP contribution in [-0.2, 0) is 0 Å². The molecule has 0 bridgehead atoms. The first-order chi connectivity index (χ1) is 21.3. The molecule has 9 aromatic rings. The predicted molar refractivity (Wildman–Crippen MR) is 180 cm³/mol. The first-order valence-corrected chi connectivity index (χ1v) is 14.6. The van der Waals surface area contributed by atoms with Gasteiger partial charge in [0.25, 0.3) is 0 Å². The number of aromatic nitrogens is 3. The molecular weight excluding hydrogens is 522 g/mol. The molecule has 3 heteroatoms. The van der Waals surface area contributed by atoms with E-state index in [2.05, 4.69) is 156 Å². The molecule has 0 spiro atoms. The maximum Gasteiger partial charge on any atom is 0.162 e. The van der Waals surface area contributed by atoms with Gasteiger partial charge in [0.05, 0.1) is 16.6 Å². The molecule has 200 valence electrons. The molecule has 0 fully saturated rings. The summed E-state index contributed by atoms with van der Waals surface area (Å²) in [6, 6.07) is 53.7. The fourth-order valence-electron chi connectivity index (χ4n) is 6.60. The van der Waals surface area contributed by atoms with E-state index in [1.165, 1.54) is 38.1 Å². The van der Waals surface area contributed by atoms with Crippen molar-refractivity contribution in [3.05, 3.63) is 152 Å². The molecule has 2 aromatic heterocycles. The lowest BCUT2D eigenvalue weighted by molar-refractivity contribution is 1.08. The number of hydrogen-bond donors (Lipinski definition) is 0. The molecule has 0 aliphatic carbocycles. The van der Waals surface area contributed by atoms with Crippen molar-refractivity contribution >= 4 is 54.3 Å². The first-order valence-electron chi connectivity index (χ1n) is 14.6. The van der Waals surface area contributed by atoms with E-state index < -0.39 is 0 Å². The molecule has 0 N–H and O–H groups in total. The molecule has 7 aromatic carbocycles. The Labute approximate surface area is 248 Å². The Morgan fingerprint density at radius 1 is 0.395 bits per heavy atom. The number of fused-ring (bicyclic) bond motifs is 6. The van der Waals surface area contributed by atoms with Crippen molar-refractivity contribution in [1.29, 1.82) is 0 Å². The Bertz CT molecular complexity index is 2510. The highest BCUT2D eigenvalue weighted by Crippen LogP contribution is 2.38. The molecular formula is C40H25N3. The van der Waals surface area contributed by atoms with Gasteiger partial charge in [0.2, 0.25) is 0 Å². The van der Waals surface area contributed by atoms with Crippen molar-refractivity contribution < 1.29 is 0 Å². The van der Waals surface area contributed by atoms with Crippen LogP contribution in [0.15, 0.2) is 152 Å². The smallest absolute Gasteiger partial charge is 0.162 e. The second-order valence-electron chi connectivity index (χ2n) is 11.0. The van der Waals surface area contributed by atoms with Crippen LogP contribution < -0.4 is 0 Å². The molecule has 43 heavy (non-hydrogen) atoms. The molecule has 0 aliphatic rings. The van der Waals surface area contributed by atoms with Crippen molar-refractivity contribution in [3.63, 3.8) is 0 Å². The molecule has 0 atom stereocenters. The normalized spacial score (nSPS) is 11.7. The predicted octanol–water partition coefficient (Wildman–Crippen LogP) is 10.4. The molecule has 0 saturated heterocycles. The van der Waals surface area contributed by atoms with Crippen LogP contribution in [0.1, 0.15) is 0 Å². The molecule has 9 rings (SSSR count). The van der Waals surface area contributed by atoms with Crippen LogP contribution >= 0.6 is 0 Å². The first kappa shape index (κ1) is 23.9. The van der Waals surface area contributed by atoms with Crippen molar-refractivity contribution in [2.75, 3.05) is 0 Å². The fourth-order valence-corrected chi connectivity index (χ4v) is 6.60. The lowest BCUT2D eigenvalue weighted by atomic mass is 9.94. The molecule has 0 aliphatic heterocycles. The van der Waals surface area contributed by atoms with Crippen LogP contribution in [0.5, 0.6) is 0 Å². The SMILES string of the molecule is c1ccc(-c2ccc(-c3nc(-n4c5ccccc5c5cc6ccccc6cc54)c4ccccc4n3)c3ccccc23)cc1. The second-order valence-corrected chi connectivity index (χ2v) is 11.0. The summed E-state index contributed by atoms with van der Waals surface area (Å²) in [5.74, 6) is 1.61. The summed E-state index contributed by atoms with van der Waals surface area (Å²) in [5, 5.41) is 8.22.